The molecular weight excluding hydrogens is 295 g/mol. The van der Waals surface area contributed by atoms with E-state index in [2.05, 4.69) is 5.32 Å². The van der Waals surface area contributed by atoms with Gasteiger partial charge in [0.1, 0.15) is 0 Å². The molecule has 1 aromatic carbocycles. The van der Waals surface area contributed by atoms with Gasteiger partial charge in [-0.2, -0.15) is 21.6 Å². The Bertz CT molecular complexity index is 543. The molecule has 1 aromatic rings. The number of halogens is 3. The summed E-state index contributed by atoms with van der Waals surface area (Å²) in [6, 6.07) is 4.64. The first-order valence-corrected chi connectivity index (χ1v) is 7.57. The van der Waals surface area contributed by atoms with E-state index in [1.807, 2.05) is 0 Å². The fourth-order valence-electron chi connectivity index (χ4n) is 1.82. The molecule has 0 radical (unpaired) electrons. The first-order valence-electron chi connectivity index (χ1n) is 5.96. The van der Waals surface area contributed by atoms with E-state index in [-0.39, 0.29) is 18.5 Å². The van der Waals surface area contributed by atoms with Gasteiger partial charge in [0.05, 0.1) is 11.3 Å². The molecule has 20 heavy (non-hydrogen) atoms. The van der Waals surface area contributed by atoms with Crippen molar-refractivity contribution in [2.24, 2.45) is 0 Å². The summed E-state index contributed by atoms with van der Waals surface area (Å²) in [7, 11) is -4.04. The van der Waals surface area contributed by atoms with Crippen LogP contribution in [0.15, 0.2) is 24.3 Å². The summed E-state index contributed by atoms with van der Waals surface area (Å²) in [5, 5.41) is 2.81. The van der Waals surface area contributed by atoms with Gasteiger partial charge in [-0.3, -0.25) is 4.55 Å². The molecule has 0 aliphatic rings. The molecule has 1 rings (SSSR count). The molecule has 0 saturated heterocycles. The molecule has 0 aromatic heterocycles. The molecule has 0 fully saturated rings. The highest BCUT2D eigenvalue weighted by molar-refractivity contribution is 7.85. The van der Waals surface area contributed by atoms with Crippen LogP contribution >= 0.6 is 0 Å². The van der Waals surface area contributed by atoms with Crippen LogP contribution < -0.4 is 5.32 Å². The molecule has 0 heterocycles. The van der Waals surface area contributed by atoms with Crippen LogP contribution in [-0.2, 0) is 16.3 Å². The molecule has 2 N–H and O–H groups in total. The van der Waals surface area contributed by atoms with E-state index in [4.69, 9.17) is 4.55 Å². The van der Waals surface area contributed by atoms with Crippen molar-refractivity contribution in [3.05, 3.63) is 35.4 Å². The van der Waals surface area contributed by atoms with Gasteiger partial charge >= 0.3 is 6.18 Å². The lowest BCUT2D eigenvalue weighted by Crippen LogP contribution is -2.24. The van der Waals surface area contributed by atoms with Crippen molar-refractivity contribution in [3.63, 3.8) is 0 Å². The predicted molar refractivity (Wildman–Crippen MR) is 68.9 cm³/mol. The summed E-state index contributed by atoms with van der Waals surface area (Å²) in [5.74, 6) is -0.423. The minimum atomic E-state index is -4.43. The number of benzene rings is 1. The molecule has 4 nitrogen and oxygen atoms in total. The van der Waals surface area contributed by atoms with Crippen LogP contribution in [0.3, 0.4) is 0 Å². The van der Waals surface area contributed by atoms with Crippen molar-refractivity contribution in [2.45, 2.75) is 25.6 Å². The van der Waals surface area contributed by atoms with Gasteiger partial charge in [0, 0.05) is 6.04 Å². The number of hydrogen-bond acceptors (Lipinski definition) is 3. The molecule has 0 bridgehead atoms. The van der Waals surface area contributed by atoms with Crippen LogP contribution in [0.4, 0.5) is 13.2 Å². The lowest BCUT2D eigenvalue weighted by molar-refractivity contribution is -0.138. The lowest BCUT2D eigenvalue weighted by Gasteiger charge is -2.19. The van der Waals surface area contributed by atoms with Gasteiger partial charge in [-0.25, -0.2) is 0 Å². The molecule has 114 valence electrons. The molecule has 0 aliphatic carbocycles. The van der Waals surface area contributed by atoms with E-state index < -0.39 is 33.7 Å². The van der Waals surface area contributed by atoms with Gasteiger partial charge in [-0.05, 0) is 31.5 Å². The first-order chi connectivity index (χ1) is 9.11. The molecule has 1 unspecified atom stereocenters. The monoisotopic (exact) mass is 311 g/mol. The van der Waals surface area contributed by atoms with Crippen LogP contribution in [0, 0.1) is 0 Å². The highest BCUT2D eigenvalue weighted by atomic mass is 32.2. The highest BCUT2D eigenvalue weighted by Crippen LogP contribution is 2.34. The largest absolute Gasteiger partial charge is 0.416 e. The number of nitrogens with one attached hydrogen (secondary N) is 1. The van der Waals surface area contributed by atoms with Gasteiger partial charge < -0.3 is 5.32 Å². The van der Waals surface area contributed by atoms with E-state index in [0.29, 0.717) is 0 Å². The summed E-state index contributed by atoms with van der Waals surface area (Å²) in [6.45, 7) is 1.76. The van der Waals surface area contributed by atoms with E-state index in [1.54, 1.807) is 6.92 Å². The first kappa shape index (κ1) is 16.9. The van der Waals surface area contributed by atoms with Crippen molar-refractivity contribution >= 4 is 10.1 Å². The zero-order chi connectivity index (χ0) is 15.4. The number of alkyl halides is 3. The van der Waals surface area contributed by atoms with Gasteiger partial charge in [-0.15, -0.1) is 0 Å². The van der Waals surface area contributed by atoms with Crippen molar-refractivity contribution < 1.29 is 26.1 Å². The third-order valence-corrected chi connectivity index (χ3v) is 3.57. The standard InChI is InChI=1S/C12H16F3NO3S/c1-9(16-7-4-8-20(17,18)19)10-5-2-3-6-11(10)12(13,14)15/h2-3,5-6,9,16H,4,7-8H2,1H3,(H,17,18,19). The molecule has 0 aliphatic heterocycles. The minimum Gasteiger partial charge on any atom is -0.310 e. The average molecular weight is 311 g/mol. The molecule has 0 saturated carbocycles. The Kier molecular flexibility index (Phi) is 5.55. The lowest BCUT2D eigenvalue weighted by atomic mass is 10.0. The maximum absolute atomic E-state index is 12.8. The zero-order valence-corrected chi connectivity index (χ0v) is 11.6. The fraction of sp³-hybridized carbons (Fsp3) is 0.500. The van der Waals surface area contributed by atoms with E-state index in [0.717, 1.165) is 6.07 Å². The Morgan fingerprint density at radius 3 is 2.45 bits per heavy atom. The molecule has 0 spiro atoms. The molecule has 1 atom stereocenters. The topological polar surface area (TPSA) is 66.4 Å². The summed E-state index contributed by atoms with van der Waals surface area (Å²) < 4.78 is 68.0. The maximum Gasteiger partial charge on any atom is 0.416 e. The summed E-state index contributed by atoms with van der Waals surface area (Å²) in [5.41, 5.74) is -0.610. The van der Waals surface area contributed by atoms with Crippen molar-refractivity contribution in [1.29, 1.82) is 0 Å². The normalized spacial score (nSPS) is 14.2. The van der Waals surface area contributed by atoms with E-state index in [1.165, 1.54) is 18.2 Å². The van der Waals surface area contributed by atoms with Crippen LogP contribution in [-0.4, -0.2) is 25.3 Å². The Morgan fingerprint density at radius 1 is 1.30 bits per heavy atom. The Morgan fingerprint density at radius 2 is 1.90 bits per heavy atom. The quantitative estimate of drug-likeness (QED) is 0.626. The Balaban J connectivity index is 2.67. The number of hydrogen-bond donors (Lipinski definition) is 2. The van der Waals surface area contributed by atoms with Crippen molar-refractivity contribution in [2.75, 3.05) is 12.3 Å². The molecule has 8 heteroatoms. The van der Waals surface area contributed by atoms with Crippen LogP contribution in [0.25, 0.3) is 0 Å². The Labute approximate surface area is 115 Å². The van der Waals surface area contributed by atoms with Crippen LogP contribution in [0.2, 0.25) is 0 Å². The highest BCUT2D eigenvalue weighted by Gasteiger charge is 2.33. The van der Waals surface area contributed by atoms with E-state index >= 15 is 0 Å². The SMILES string of the molecule is CC(NCCCS(=O)(=O)O)c1ccccc1C(F)(F)F. The van der Waals surface area contributed by atoms with Gasteiger partial charge in [-0.1, -0.05) is 18.2 Å². The fourth-order valence-corrected chi connectivity index (χ4v) is 2.32. The summed E-state index contributed by atoms with van der Waals surface area (Å²) >= 11 is 0. The average Bonchev–Trinajstić information content (AvgIpc) is 2.32. The number of rotatable bonds is 6. The zero-order valence-electron chi connectivity index (χ0n) is 10.8. The van der Waals surface area contributed by atoms with Gasteiger partial charge in [0.25, 0.3) is 10.1 Å². The third kappa shape index (κ3) is 5.48. The Hall–Kier alpha value is -1.12. The van der Waals surface area contributed by atoms with Crippen LogP contribution in [0.5, 0.6) is 0 Å². The summed E-state index contributed by atoms with van der Waals surface area (Å²) in [4.78, 5) is 0. The second-order valence-electron chi connectivity index (χ2n) is 4.40. The van der Waals surface area contributed by atoms with Crippen molar-refractivity contribution in [3.8, 4) is 0 Å². The summed E-state index contributed by atoms with van der Waals surface area (Å²) in [6.07, 6.45) is -4.31. The second-order valence-corrected chi connectivity index (χ2v) is 5.97. The third-order valence-electron chi connectivity index (χ3n) is 2.76. The molecule has 0 amide bonds. The van der Waals surface area contributed by atoms with Gasteiger partial charge in [0.15, 0.2) is 0 Å². The molecular formula is C12H16F3NO3S. The predicted octanol–water partition coefficient (Wildman–Crippen LogP) is 2.63. The van der Waals surface area contributed by atoms with Crippen LogP contribution in [0.1, 0.15) is 30.5 Å². The maximum atomic E-state index is 12.8. The van der Waals surface area contributed by atoms with Gasteiger partial charge in [0.2, 0.25) is 0 Å². The second kappa shape index (κ2) is 6.55. The smallest absolute Gasteiger partial charge is 0.310 e. The minimum absolute atomic E-state index is 0.104. The van der Waals surface area contributed by atoms with Crippen molar-refractivity contribution in [1.82, 2.24) is 5.32 Å². The van der Waals surface area contributed by atoms with E-state index in [9.17, 15) is 21.6 Å².